The molecule has 0 atom stereocenters. The summed E-state index contributed by atoms with van der Waals surface area (Å²) >= 11 is 11.9. The van der Waals surface area contributed by atoms with E-state index in [-0.39, 0.29) is 16.4 Å². The maximum absolute atomic E-state index is 12.4. The number of pyridine rings is 1. The Morgan fingerprint density at radius 2 is 1.86 bits per heavy atom. The number of hydrogen-bond acceptors (Lipinski definition) is 4. The lowest BCUT2D eigenvalue weighted by molar-refractivity contribution is 0.702. The summed E-state index contributed by atoms with van der Waals surface area (Å²) in [5.41, 5.74) is 0.428. The van der Waals surface area contributed by atoms with Crippen molar-refractivity contribution in [2.75, 3.05) is 0 Å². The fourth-order valence-corrected chi connectivity index (χ4v) is 2.58. The number of fused-ring (bicyclic) bond motifs is 1. The van der Waals surface area contributed by atoms with Crippen molar-refractivity contribution in [1.29, 1.82) is 0 Å². The molecular weight excluding hydrogens is 329 g/mol. The van der Waals surface area contributed by atoms with E-state index in [2.05, 4.69) is 9.97 Å². The Kier molecular flexibility index (Phi) is 3.54. The van der Waals surface area contributed by atoms with Crippen LogP contribution in [0.2, 0.25) is 10.4 Å². The third-order valence-corrected chi connectivity index (χ3v) is 3.94. The number of rotatable bonds is 2. The molecule has 0 saturated heterocycles. The molecule has 0 amide bonds. The van der Waals surface area contributed by atoms with Gasteiger partial charge in [0.15, 0.2) is 11.2 Å². The zero-order chi connectivity index (χ0) is 16.0. The van der Waals surface area contributed by atoms with Crippen molar-refractivity contribution in [2.24, 2.45) is 14.1 Å². The van der Waals surface area contributed by atoms with Crippen LogP contribution in [-0.2, 0) is 20.6 Å². The molecule has 114 valence electrons. The Morgan fingerprint density at radius 1 is 1.14 bits per heavy atom. The summed E-state index contributed by atoms with van der Waals surface area (Å²) in [6.07, 6.45) is 1.59. The summed E-state index contributed by atoms with van der Waals surface area (Å²) in [5.74, 6) is 0. The van der Waals surface area contributed by atoms with E-state index in [4.69, 9.17) is 23.2 Å². The fraction of sp³-hybridized carbons (Fsp3) is 0.231. The van der Waals surface area contributed by atoms with Gasteiger partial charge in [-0.2, -0.15) is 4.98 Å². The van der Waals surface area contributed by atoms with Crippen LogP contribution >= 0.6 is 23.2 Å². The van der Waals surface area contributed by atoms with Gasteiger partial charge < -0.3 is 4.57 Å². The van der Waals surface area contributed by atoms with Gasteiger partial charge in [-0.05, 0) is 23.2 Å². The summed E-state index contributed by atoms with van der Waals surface area (Å²) in [6.45, 7) is 0.299. The van der Waals surface area contributed by atoms with Crippen LogP contribution in [0.5, 0.6) is 0 Å². The minimum absolute atomic E-state index is 0.128. The molecule has 0 aromatic carbocycles. The molecule has 0 unspecified atom stereocenters. The molecule has 3 aromatic heterocycles. The van der Waals surface area contributed by atoms with E-state index in [0.29, 0.717) is 11.7 Å². The molecule has 0 radical (unpaired) electrons. The number of aromatic nitrogens is 5. The van der Waals surface area contributed by atoms with E-state index in [9.17, 15) is 9.59 Å². The van der Waals surface area contributed by atoms with E-state index >= 15 is 0 Å². The minimum Gasteiger partial charge on any atom is -0.304 e. The average molecular weight is 340 g/mol. The number of aryl methyl sites for hydroxylation is 1. The summed E-state index contributed by atoms with van der Waals surface area (Å²) in [6, 6.07) is 3.43. The third-order valence-electron chi connectivity index (χ3n) is 3.43. The van der Waals surface area contributed by atoms with Crippen LogP contribution < -0.4 is 11.2 Å². The first-order valence-electron chi connectivity index (χ1n) is 6.32. The van der Waals surface area contributed by atoms with Crippen LogP contribution in [0.25, 0.3) is 11.2 Å². The first kappa shape index (κ1) is 14.8. The van der Waals surface area contributed by atoms with Gasteiger partial charge >= 0.3 is 5.69 Å². The molecule has 3 heterocycles. The maximum Gasteiger partial charge on any atom is 0.332 e. The third kappa shape index (κ3) is 2.22. The topological polar surface area (TPSA) is 74.7 Å². The number of hydrogen-bond donors (Lipinski definition) is 0. The summed E-state index contributed by atoms with van der Waals surface area (Å²) in [4.78, 5) is 32.4. The molecule has 0 aliphatic heterocycles. The molecular formula is C13H11Cl2N5O2. The largest absolute Gasteiger partial charge is 0.332 e. The highest BCUT2D eigenvalue weighted by molar-refractivity contribution is 6.29. The Bertz CT molecular complexity index is 985. The van der Waals surface area contributed by atoms with Gasteiger partial charge in [-0.25, -0.2) is 9.78 Å². The molecule has 0 spiro atoms. The van der Waals surface area contributed by atoms with Gasteiger partial charge in [0.2, 0.25) is 5.28 Å². The van der Waals surface area contributed by atoms with Crippen molar-refractivity contribution in [1.82, 2.24) is 23.7 Å². The van der Waals surface area contributed by atoms with Crippen LogP contribution in [0.15, 0.2) is 27.9 Å². The van der Waals surface area contributed by atoms with E-state index in [0.717, 1.165) is 10.1 Å². The number of nitrogens with zero attached hydrogens (tertiary/aromatic N) is 5. The van der Waals surface area contributed by atoms with Crippen molar-refractivity contribution in [3.05, 3.63) is 55.2 Å². The van der Waals surface area contributed by atoms with Gasteiger partial charge in [-0.1, -0.05) is 17.7 Å². The second kappa shape index (κ2) is 5.26. The van der Waals surface area contributed by atoms with Crippen LogP contribution in [0.1, 0.15) is 5.56 Å². The van der Waals surface area contributed by atoms with Crippen molar-refractivity contribution in [3.63, 3.8) is 0 Å². The van der Waals surface area contributed by atoms with E-state index in [1.165, 1.54) is 11.6 Å². The first-order chi connectivity index (χ1) is 10.4. The second-order valence-electron chi connectivity index (χ2n) is 4.83. The zero-order valence-corrected chi connectivity index (χ0v) is 13.3. The standard InChI is InChI=1S/C13H11Cl2N5O2/c1-18-10-9(11(21)19(2)13(18)22)20(12(15)17-10)6-7-3-4-8(14)16-5-7/h3-5H,6H2,1-2H3. The van der Waals surface area contributed by atoms with Crippen LogP contribution in [0.3, 0.4) is 0 Å². The molecule has 0 saturated carbocycles. The zero-order valence-electron chi connectivity index (χ0n) is 11.7. The molecule has 22 heavy (non-hydrogen) atoms. The minimum atomic E-state index is -0.452. The highest BCUT2D eigenvalue weighted by Gasteiger charge is 2.18. The monoisotopic (exact) mass is 339 g/mol. The first-order valence-corrected chi connectivity index (χ1v) is 7.08. The van der Waals surface area contributed by atoms with Crippen LogP contribution in [-0.4, -0.2) is 23.7 Å². The normalized spacial score (nSPS) is 11.3. The Hall–Kier alpha value is -2.12. The molecule has 3 rings (SSSR count). The maximum atomic E-state index is 12.4. The van der Waals surface area contributed by atoms with Crippen molar-refractivity contribution < 1.29 is 0 Å². The van der Waals surface area contributed by atoms with Gasteiger partial charge in [0.25, 0.3) is 5.56 Å². The summed E-state index contributed by atoms with van der Waals surface area (Å²) in [5, 5.41) is 0.506. The van der Waals surface area contributed by atoms with Gasteiger partial charge in [0.05, 0.1) is 6.54 Å². The second-order valence-corrected chi connectivity index (χ2v) is 5.56. The Morgan fingerprint density at radius 3 is 2.50 bits per heavy atom. The predicted molar refractivity (Wildman–Crippen MR) is 83.6 cm³/mol. The molecule has 9 heteroatoms. The predicted octanol–water partition coefficient (Wildman–Crippen LogP) is 1.18. The quantitative estimate of drug-likeness (QED) is 0.519. The molecule has 0 aliphatic carbocycles. The van der Waals surface area contributed by atoms with Crippen LogP contribution in [0.4, 0.5) is 0 Å². The van der Waals surface area contributed by atoms with Gasteiger partial charge in [-0.3, -0.25) is 13.9 Å². The van der Waals surface area contributed by atoms with E-state index in [1.807, 2.05) is 0 Å². The molecule has 3 aromatic rings. The fourth-order valence-electron chi connectivity index (χ4n) is 2.25. The molecule has 0 fully saturated rings. The lowest BCUT2D eigenvalue weighted by Gasteiger charge is -2.07. The molecule has 7 nitrogen and oxygen atoms in total. The highest BCUT2D eigenvalue weighted by atomic mass is 35.5. The van der Waals surface area contributed by atoms with E-state index < -0.39 is 11.2 Å². The van der Waals surface area contributed by atoms with Gasteiger partial charge in [0.1, 0.15) is 5.15 Å². The summed E-state index contributed by atoms with van der Waals surface area (Å²) < 4.78 is 3.86. The number of halogens is 2. The van der Waals surface area contributed by atoms with E-state index in [1.54, 1.807) is 29.9 Å². The molecule has 0 bridgehead atoms. The smallest absolute Gasteiger partial charge is 0.304 e. The lowest BCUT2D eigenvalue weighted by atomic mass is 10.3. The average Bonchev–Trinajstić information content (AvgIpc) is 2.82. The Balaban J connectivity index is 2.26. The molecule has 0 aliphatic rings. The van der Waals surface area contributed by atoms with Crippen LogP contribution in [0, 0.1) is 0 Å². The SMILES string of the molecule is Cn1c(=O)c2c(nc(Cl)n2Cc2ccc(Cl)nc2)n(C)c1=O. The Labute approximate surface area is 134 Å². The van der Waals surface area contributed by atoms with Crippen molar-refractivity contribution in [2.45, 2.75) is 6.54 Å². The van der Waals surface area contributed by atoms with Gasteiger partial charge in [-0.15, -0.1) is 0 Å². The highest BCUT2D eigenvalue weighted by Crippen LogP contribution is 2.17. The van der Waals surface area contributed by atoms with Crippen molar-refractivity contribution in [3.8, 4) is 0 Å². The van der Waals surface area contributed by atoms with Crippen molar-refractivity contribution >= 4 is 34.4 Å². The number of imidazole rings is 1. The van der Waals surface area contributed by atoms with Gasteiger partial charge in [0, 0.05) is 20.3 Å². The molecule has 0 N–H and O–H groups in total. The summed E-state index contributed by atoms with van der Waals surface area (Å²) in [7, 11) is 2.96. The lowest BCUT2D eigenvalue weighted by Crippen LogP contribution is -2.37.